The highest BCUT2D eigenvalue weighted by Crippen LogP contribution is 2.29. The van der Waals surface area contributed by atoms with Gasteiger partial charge in [-0.05, 0) is 47.5 Å². The minimum atomic E-state index is 0.724. The van der Waals surface area contributed by atoms with E-state index in [1.54, 1.807) is 0 Å². The smallest absolute Gasteiger partial charge is 0.213 e. The highest BCUT2D eigenvalue weighted by Gasteiger charge is 2.23. The first-order chi connectivity index (χ1) is 17.3. The fourth-order valence-corrected chi connectivity index (χ4v) is 4.67. The molecule has 6 rings (SSSR count). The van der Waals surface area contributed by atoms with E-state index >= 15 is 0 Å². The first-order valence-corrected chi connectivity index (χ1v) is 11.9. The second-order valence-electron chi connectivity index (χ2n) is 8.73. The number of hydrogen-bond donors (Lipinski definition) is 0. The van der Waals surface area contributed by atoms with Crippen LogP contribution >= 0.6 is 0 Å². The van der Waals surface area contributed by atoms with Crippen LogP contribution in [0.4, 0.5) is 0 Å². The molecule has 0 saturated carbocycles. The molecule has 2 nitrogen and oxygen atoms in total. The zero-order valence-electron chi connectivity index (χ0n) is 19.4. The normalized spacial score (nSPS) is 11.0. The standard InChI is InChI=1S/C33H25N2/c1-4-12-26(13-5-1)30-21-32(27-14-6-2-7-15-27)35(33(22-30)28-16-8-3-9-17-28)24-25-20-29-18-10-11-19-31(29)34-23-25/h1-23H,24H2/q+1. The van der Waals surface area contributed by atoms with Crippen molar-refractivity contribution in [3.8, 4) is 33.6 Å². The average Bonchev–Trinajstić information content (AvgIpc) is 2.94. The van der Waals surface area contributed by atoms with E-state index in [0.717, 1.165) is 17.4 Å². The molecule has 166 valence electrons. The molecule has 0 fully saturated rings. The van der Waals surface area contributed by atoms with E-state index in [1.165, 1.54) is 39.2 Å². The van der Waals surface area contributed by atoms with Gasteiger partial charge in [-0.15, -0.1) is 0 Å². The monoisotopic (exact) mass is 449 g/mol. The first kappa shape index (κ1) is 21.0. The van der Waals surface area contributed by atoms with Gasteiger partial charge in [0.25, 0.3) is 0 Å². The molecule has 2 heteroatoms. The Labute approximate surface area is 205 Å². The van der Waals surface area contributed by atoms with Gasteiger partial charge in [0.15, 0.2) is 6.54 Å². The Bertz CT molecular complexity index is 1530. The van der Waals surface area contributed by atoms with E-state index in [0.29, 0.717) is 0 Å². The van der Waals surface area contributed by atoms with Crippen LogP contribution in [0.15, 0.2) is 140 Å². The number of rotatable bonds is 5. The van der Waals surface area contributed by atoms with Crippen LogP contribution in [0.25, 0.3) is 44.5 Å². The van der Waals surface area contributed by atoms with Crippen molar-refractivity contribution in [2.45, 2.75) is 6.54 Å². The summed E-state index contributed by atoms with van der Waals surface area (Å²) in [6, 6.07) is 47.1. The lowest BCUT2D eigenvalue weighted by molar-refractivity contribution is -0.666. The number of pyridine rings is 2. The van der Waals surface area contributed by atoms with Crippen molar-refractivity contribution in [2.24, 2.45) is 0 Å². The lowest BCUT2D eigenvalue weighted by Crippen LogP contribution is -2.39. The van der Waals surface area contributed by atoms with Crippen molar-refractivity contribution < 1.29 is 4.57 Å². The number of benzene rings is 4. The molecule has 0 bridgehead atoms. The van der Waals surface area contributed by atoms with Crippen molar-refractivity contribution >= 4 is 10.9 Å². The maximum atomic E-state index is 4.73. The molecule has 0 N–H and O–H groups in total. The van der Waals surface area contributed by atoms with Crippen LogP contribution in [0.2, 0.25) is 0 Å². The van der Waals surface area contributed by atoms with Crippen molar-refractivity contribution in [3.05, 3.63) is 145 Å². The highest BCUT2D eigenvalue weighted by molar-refractivity contribution is 5.79. The van der Waals surface area contributed by atoms with Crippen LogP contribution < -0.4 is 4.57 Å². The maximum absolute atomic E-state index is 4.73. The quantitative estimate of drug-likeness (QED) is 0.248. The van der Waals surface area contributed by atoms with Gasteiger partial charge in [-0.1, -0.05) is 84.9 Å². The predicted octanol–water partition coefficient (Wildman–Crippen LogP) is 7.57. The van der Waals surface area contributed by atoms with Gasteiger partial charge in [0.2, 0.25) is 11.4 Å². The van der Waals surface area contributed by atoms with Crippen LogP contribution in [0.1, 0.15) is 5.56 Å². The summed E-state index contributed by atoms with van der Waals surface area (Å²) in [6.07, 6.45) is 2.00. The van der Waals surface area contributed by atoms with Gasteiger partial charge < -0.3 is 0 Å². The largest absolute Gasteiger partial charge is 0.256 e. The molecule has 2 aromatic heterocycles. The Morgan fingerprint density at radius 2 is 1.00 bits per heavy atom. The van der Waals surface area contributed by atoms with Crippen LogP contribution in [-0.4, -0.2) is 4.98 Å². The summed E-state index contributed by atoms with van der Waals surface area (Å²) < 4.78 is 2.42. The molecule has 0 saturated heterocycles. The van der Waals surface area contributed by atoms with Gasteiger partial charge in [0.05, 0.1) is 5.52 Å². The number of aromatic nitrogens is 2. The summed E-state index contributed by atoms with van der Waals surface area (Å²) in [5.41, 5.74) is 9.35. The highest BCUT2D eigenvalue weighted by atomic mass is 15.0. The summed E-state index contributed by atoms with van der Waals surface area (Å²) in [7, 11) is 0. The molecule has 2 heterocycles. The van der Waals surface area contributed by atoms with Crippen molar-refractivity contribution in [1.29, 1.82) is 0 Å². The first-order valence-electron chi connectivity index (χ1n) is 11.9. The second kappa shape index (κ2) is 9.36. The van der Waals surface area contributed by atoms with Gasteiger partial charge >= 0.3 is 0 Å². The van der Waals surface area contributed by atoms with Crippen molar-refractivity contribution in [2.75, 3.05) is 0 Å². The zero-order valence-corrected chi connectivity index (χ0v) is 19.4. The van der Waals surface area contributed by atoms with E-state index < -0.39 is 0 Å². The summed E-state index contributed by atoms with van der Waals surface area (Å²) in [5, 5.41) is 1.16. The summed E-state index contributed by atoms with van der Waals surface area (Å²) in [6.45, 7) is 0.724. The summed E-state index contributed by atoms with van der Waals surface area (Å²) in [4.78, 5) is 4.73. The third kappa shape index (κ3) is 4.34. The topological polar surface area (TPSA) is 16.8 Å². The third-order valence-electron chi connectivity index (χ3n) is 6.40. The van der Waals surface area contributed by atoms with Crippen LogP contribution in [-0.2, 0) is 6.54 Å². The molecule has 0 aliphatic carbocycles. The molecular weight excluding hydrogens is 424 g/mol. The lowest BCUT2D eigenvalue weighted by atomic mass is 9.98. The van der Waals surface area contributed by atoms with Crippen LogP contribution in [0, 0.1) is 0 Å². The molecule has 0 aliphatic heterocycles. The van der Waals surface area contributed by atoms with Gasteiger partial charge in [-0.25, -0.2) is 0 Å². The fraction of sp³-hybridized carbons (Fsp3) is 0.0303. The van der Waals surface area contributed by atoms with E-state index in [2.05, 4.69) is 132 Å². The molecule has 4 aromatic carbocycles. The molecule has 0 unspecified atom stereocenters. The SMILES string of the molecule is c1ccc(-c2cc(-c3ccccc3)[n+](Cc3cnc4ccccc4c3)c(-c3ccccc3)c2)cc1. The van der Waals surface area contributed by atoms with Crippen molar-refractivity contribution in [3.63, 3.8) is 0 Å². The zero-order chi connectivity index (χ0) is 23.5. The summed E-state index contributed by atoms with van der Waals surface area (Å²) >= 11 is 0. The Hall–Kier alpha value is -4.56. The second-order valence-corrected chi connectivity index (χ2v) is 8.73. The fourth-order valence-electron chi connectivity index (χ4n) is 4.67. The van der Waals surface area contributed by atoms with E-state index in [9.17, 15) is 0 Å². The average molecular weight is 450 g/mol. The molecule has 0 spiro atoms. The Morgan fingerprint density at radius 1 is 0.486 bits per heavy atom. The van der Waals surface area contributed by atoms with E-state index in [1.807, 2.05) is 12.3 Å². The van der Waals surface area contributed by atoms with Gasteiger partial charge in [-0.2, -0.15) is 4.57 Å². The molecule has 35 heavy (non-hydrogen) atoms. The van der Waals surface area contributed by atoms with Gasteiger partial charge in [0, 0.05) is 40.4 Å². The number of para-hydroxylation sites is 1. The molecule has 6 aromatic rings. The minimum Gasteiger partial charge on any atom is -0.256 e. The Kier molecular flexibility index (Phi) is 5.62. The predicted molar refractivity (Wildman–Crippen MR) is 144 cm³/mol. The number of hydrogen-bond acceptors (Lipinski definition) is 1. The molecular formula is C33H25N2+. The van der Waals surface area contributed by atoms with E-state index in [-0.39, 0.29) is 0 Å². The van der Waals surface area contributed by atoms with Gasteiger partial charge in [0.1, 0.15) is 0 Å². The number of nitrogens with zero attached hydrogens (tertiary/aromatic N) is 2. The minimum absolute atomic E-state index is 0.724. The Balaban J connectivity index is 1.60. The van der Waals surface area contributed by atoms with Gasteiger partial charge in [-0.3, -0.25) is 4.98 Å². The lowest BCUT2D eigenvalue weighted by Gasteiger charge is -2.13. The Morgan fingerprint density at radius 3 is 1.60 bits per heavy atom. The number of fused-ring (bicyclic) bond motifs is 1. The molecule has 0 radical (unpaired) electrons. The summed E-state index contributed by atoms with van der Waals surface area (Å²) in [5.74, 6) is 0. The molecule has 0 amide bonds. The van der Waals surface area contributed by atoms with Crippen molar-refractivity contribution in [1.82, 2.24) is 4.98 Å². The molecule has 0 aliphatic rings. The van der Waals surface area contributed by atoms with Crippen LogP contribution in [0.5, 0.6) is 0 Å². The maximum Gasteiger partial charge on any atom is 0.213 e. The third-order valence-corrected chi connectivity index (χ3v) is 6.40. The van der Waals surface area contributed by atoms with Crippen LogP contribution in [0.3, 0.4) is 0 Å². The van der Waals surface area contributed by atoms with E-state index in [4.69, 9.17) is 4.98 Å². The molecule has 0 atom stereocenters.